The topological polar surface area (TPSA) is 99.0 Å². The van der Waals surface area contributed by atoms with Crippen LogP contribution < -0.4 is 5.73 Å². The highest BCUT2D eigenvalue weighted by Crippen LogP contribution is 2.26. The zero-order valence-corrected chi connectivity index (χ0v) is 18.0. The molecule has 1 aliphatic heterocycles. The first kappa shape index (κ1) is 20.8. The first-order chi connectivity index (χ1) is 15.0. The van der Waals surface area contributed by atoms with Gasteiger partial charge in [-0.25, -0.2) is 9.67 Å². The summed E-state index contributed by atoms with van der Waals surface area (Å²) in [4.78, 5) is 31.8. The van der Waals surface area contributed by atoms with Crippen LogP contribution in [0.3, 0.4) is 0 Å². The van der Waals surface area contributed by atoms with Gasteiger partial charge in [0.1, 0.15) is 11.6 Å². The van der Waals surface area contributed by atoms with Crippen LogP contribution in [0.4, 0.5) is 5.82 Å². The SMILES string of the molecule is CCc1nccn1CCC(=O)N1CC[C@H](C(=O)c2cnn(-c3ccc(C)cc3)c2N)C1. The lowest BCUT2D eigenvalue weighted by molar-refractivity contribution is -0.130. The fraction of sp³-hybridized carbons (Fsp3) is 0.391. The Bertz CT molecular complexity index is 1080. The molecule has 31 heavy (non-hydrogen) atoms. The lowest BCUT2D eigenvalue weighted by atomic mass is 9.98. The molecular weight excluding hydrogens is 392 g/mol. The van der Waals surface area contributed by atoms with Gasteiger partial charge in [0.25, 0.3) is 0 Å². The number of nitrogens with zero attached hydrogens (tertiary/aromatic N) is 5. The van der Waals surface area contributed by atoms with E-state index in [1.807, 2.05) is 48.9 Å². The number of ketones is 1. The Morgan fingerprint density at radius 1 is 1.23 bits per heavy atom. The zero-order chi connectivity index (χ0) is 22.0. The van der Waals surface area contributed by atoms with Crippen LogP contribution in [0.1, 0.15) is 41.5 Å². The molecule has 0 bridgehead atoms. The van der Waals surface area contributed by atoms with Gasteiger partial charge in [-0.15, -0.1) is 0 Å². The van der Waals surface area contributed by atoms with Crippen LogP contribution in [0.15, 0.2) is 42.9 Å². The number of Topliss-reactive ketones (excluding diaryl/α,β-unsaturated/α-hetero) is 1. The van der Waals surface area contributed by atoms with Gasteiger partial charge in [0, 0.05) is 50.8 Å². The number of aromatic nitrogens is 4. The number of amides is 1. The van der Waals surface area contributed by atoms with E-state index >= 15 is 0 Å². The molecule has 8 heteroatoms. The van der Waals surface area contributed by atoms with Crippen molar-refractivity contribution in [1.82, 2.24) is 24.2 Å². The van der Waals surface area contributed by atoms with Crippen molar-refractivity contribution >= 4 is 17.5 Å². The maximum atomic E-state index is 13.1. The predicted octanol–water partition coefficient (Wildman–Crippen LogP) is 2.64. The second-order valence-corrected chi connectivity index (χ2v) is 8.02. The Kier molecular flexibility index (Phi) is 5.88. The number of carbonyl (C=O) groups is 2. The molecule has 1 saturated heterocycles. The number of carbonyl (C=O) groups excluding carboxylic acids is 2. The maximum Gasteiger partial charge on any atom is 0.224 e. The van der Waals surface area contributed by atoms with Crippen LogP contribution in [0.25, 0.3) is 5.69 Å². The summed E-state index contributed by atoms with van der Waals surface area (Å²) in [5.41, 5.74) is 8.63. The average Bonchev–Trinajstić information content (AvgIpc) is 3.52. The number of benzene rings is 1. The first-order valence-electron chi connectivity index (χ1n) is 10.7. The molecule has 0 aliphatic carbocycles. The molecular formula is C23H28N6O2. The number of aryl methyl sites for hydroxylation is 3. The zero-order valence-electron chi connectivity index (χ0n) is 18.0. The van der Waals surface area contributed by atoms with Crippen LogP contribution >= 0.6 is 0 Å². The number of imidazole rings is 1. The van der Waals surface area contributed by atoms with Gasteiger partial charge in [-0.3, -0.25) is 9.59 Å². The molecule has 1 atom stereocenters. The highest BCUT2D eigenvalue weighted by atomic mass is 16.2. The molecule has 0 radical (unpaired) electrons. The molecule has 1 amide bonds. The number of hydrogen-bond acceptors (Lipinski definition) is 5. The number of anilines is 1. The summed E-state index contributed by atoms with van der Waals surface area (Å²) in [6, 6.07) is 7.80. The smallest absolute Gasteiger partial charge is 0.224 e. The standard InChI is InChI=1S/C23H28N6O2/c1-3-20-25-10-13-27(20)12-9-21(30)28-11-8-17(15-28)22(31)19-14-26-29(23(19)24)18-6-4-16(2)5-7-18/h4-7,10,13-14,17H,3,8-9,11-12,15,24H2,1-2H3/t17-/m0/s1. The average molecular weight is 421 g/mol. The highest BCUT2D eigenvalue weighted by Gasteiger charge is 2.33. The lowest BCUT2D eigenvalue weighted by Gasteiger charge is -2.17. The Hall–Kier alpha value is -3.42. The summed E-state index contributed by atoms with van der Waals surface area (Å²) in [5.74, 6) is 1.08. The van der Waals surface area contributed by atoms with Crippen LogP contribution in [-0.2, 0) is 17.8 Å². The third kappa shape index (κ3) is 4.23. The molecule has 1 aromatic carbocycles. The molecule has 3 aromatic rings. The molecule has 162 valence electrons. The van der Waals surface area contributed by atoms with Gasteiger partial charge >= 0.3 is 0 Å². The van der Waals surface area contributed by atoms with E-state index in [4.69, 9.17) is 5.73 Å². The van der Waals surface area contributed by atoms with Crippen molar-refractivity contribution in [2.75, 3.05) is 18.8 Å². The molecule has 1 aliphatic rings. The number of nitrogens with two attached hydrogens (primary N) is 1. The molecule has 0 spiro atoms. The minimum atomic E-state index is -0.249. The van der Waals surface area contributed by atoms with Gasteiger partial charge in [0.15, 0.2) is 5.78 Å². The summed E-state index contributed by atoms with van der Waals surface area (Å²) >= 11 is 0. The second kappa shape index (κ2) is 8.75. The van der Waals surface area contributed by atoms with Gasteiger partial charge in [-0.1, -0.05) is 24.6 Å². The third-order valence-electron chi connectivity index (χ3n) is 5.95. The van der Waals surface area contributed by atoms with E-state index in [-0.39, 0.29) is 17.6 Å². The van der Waals surface area contributed by atoms with E-state index in [9.17, 15) is 9.59 Å². The quantitative estimate of drug-likeness (QED) is 0.593. The molecule has 2 N–H and O–H groups in total. The van der Waals surface area contributed by atoms with Gasteiger partial charge in [-0.05, 0) is 25.5 Å². The van der Waals surface area contributed by atoms with E-state index in [0.717, 1.165) is 23.5 Å². The van der Waals surface area contributed by atoms with Crippen molar-refractivity contribution in [3.63, 3.8) is 0 Å². The van der Waals surface area contributed by atoms with Crippen LogP contribution in [0, 0.1) is 12.8 Å². The van der Waals surface area contributed by atoms with E-state index in [0.29, 0.717) is 43.9 Å². The second-order valence-electron chi connectivity index (χ2n) is 8.02. The van der Waals surface area contributed by atoms with Crippen LogP contribution in [-0.4, -0.2) is 49.0 Å². The molecule has 8 nitrogen and oxygen atoms in total. The molecule has 3 heterocycles. The summed E-state index contributed by atoms with van der Waals surface area (Å²) in [7, 11) is 0. The number of hydrogen-bond donors (Lipinski definition) is 1. The summed E-state index contributed by atoms with van der Waals surface area (Å²) in [6.07, 6.45) is 7.07. The lowest BCUT2D eigenvalue weighted by Crippen LogP contribution is -2.30. The maximum absolute atomic E-state index is 13.1. The normalized spacial score (nSPS) is 16.1. The molecule has 4 rings (SSSR count). The monoisotopic (exact) mass is 420 g/mol. The van der Waals surface area contributed by atoms with Gasteiger partial charge in [0.05, 0.1) is 17.4 Å². The Morgan fingerprint density at radius 3 is 2.74 bits per heavy atom. The van der Waals surface area contributed by atoms with Gasteiger partial charge in [0.2, 0.25) is 5.91 Å². The molecule has 1 fully saturated rings. The molecule has 2 aromatic heterocycles. The number of nitrogen functional groups attached to an aromatic ring is 1. The van der Waals surface area contributed by atoms with E-state index in [1.54, 1.807) is 15.8 Å². The molecule has 0 unspecified atom stereocenters. The van der Waals surface area contributed by atoms with E-state index < -0.39 is 0 Å². The fourth-order valence-corrected chi connectivity index (χ4v) is 4.09. The molecule has 0 saturated carbocycles. The highest BCUT2D eigenvalue weighted by molar-refractivity contribution is 6.02. The van der Waals surface area contributed by atoms with Crippen LogP contribution in [0.2, 0.25) is 0 Å². The van der Waals surface area contributed by atoms with Crippen molar-refractivity contribution in [3.05, 3.63) is 59.8 Å². The van der Waals surface area contributed by atoms with Crippen molar-refractivity contribution in [1.29, 1.82) is 0 Å². The Balaban J connectivity index is 1.38. The number of likely N-dealkylation sites (tertiary alicyclic amines) is 1. The van der Waals surface area contributed by atoms with Crippen LogP contribution in [0.5, 0.6) is 0 Å². The minimum Gasteiger partial charge on any atom is -0.383 e. The summed E-state index contributed by atoms with van der Waals surface area (Å²) in [6.45, 7) is 5.68. The Morgan fingerprint density at radius 2 is 2.00 bits per heavy atom. The van der Waals surface area contributed by atoms with Crippen molar-refractivity contribution < 1.29 is 9.59 Å². The van der Waals surface area contributed by atoms with Gasteiger partial charge in [-0.2, -0.15) is 5.10 Å². The van der Waals surface area contributed by atoms with Gasteiger partial charge < -0.3 is 15.2 Å². The predicted molar refractivity (Wildman–Crippen MR) is 118 cm³/mol. The minimum absolute atomic E-state index is 0.0472. The van der Waals surface area contributed by atoms with E-state index in [1.165, 1.54) is 6.20 Å². The van der Waals surface area contributed by atoms with Crippen molar-refractivity contribution in [2.45, 2.75) is 39.7 Å². The largest absolute Gasteiger partial charge is 0.383 e. The third-order valence-corrected chi connectivity index (χ3v) is 5.95. The summed E-state index contributed by atoms with van der Waals surface area (Å²) in [5, 5.41) is 4.32. The van der Waals surface area contributed by atoms with Crippen molar-refractivity contribution in [2.24, 2.45) is 5.92 Å². The Labute approximate surface area is 181 Å². The summed E-state index contributed by atoms with van der Waals surface area (Å²) < 4.78 is 3.59. The fourth-order valence-electron chi connectivity index (χ4n) is 4.09. The number of rotatable bonds is 7. The van der Waals surface area contributed by atoms with Crippen molar-refractivity contribution in [3.8, 4) is 5.69 Å². The van der Waals surface area contributed by atoms with E-state index in [2.05, 4.69) is 10.1 Å². The first-order valence-corrected chi connectivity index (χ1v) is 10.7.